The van der Waals surface area contributed by atoms with Crippen LogP contribution < -0.4 is 0 Å². The van der Waals surface area contributed by atoms with Crippen molar-refractivity contribution in [3.63, 3.8) is 0 Å². The fourth-order valence-electron chi connectivity index (χ4n) is 2.78. The average Bonchev–Trinajstić information content (AvgIpc) is 2.70. The summed E-state index contributed by atoms with van der Waals surface area (Å²) in [4.78, 5) is 12.1. The Bertz CT molecular complexity index is 648. The molecule has 0 bridgehead atoms. The molecule has 2 aromatic carbocycles. The van der Waals surface area contributed by atoms with Crippen molar-refractivity contribution in [2.45, 2.75) is 43.6 Å². The Labute approximate surface area is 165 Å². The van der Waals surface area contributed by atoms with Gasteiger partial charge in [-0.1, -0.05) is 72.4 Å². The minimum Gasteiger partial charge on any atom is -0.393 e. The van der Waals surface area contributed by atoms with E-state index in [9.17, 15) is 9.90 Å². The molecule has 2 unspecified atom stereocenters. The first-order chi connectivity index (χ1) is 13.2. The maximum Gasteiger partial charge on any atom is 0.191 e. The van der Waals surface area contributed by atoms with Gasteiger partial charge in [0.15, 0.2) is 5.12 Å². The number of hydrogen-bond donors (Lipinski definition) is 1. The van der Waals surface area contributed by atoms with Gasteiger partial charge in [0.25, 0.3) is 0 Å². The van der Waals surface area contributed by atoms with Crippen LogP contribution in [0, 0.1) is 0 Å². The second-order valence-corrected chi connectivity index (χ2v) is 7.49. The Balaban J connectivity index is 1.75. The highest BCUT2D eigenvalue weighted by Gasteiger charge is 2.18. The molecular weight excluding hydrogens is 360 g/mol. The maximum atomic E-state index is 12.1. The number of carbonyl (C=O) groups is 1. The number of aliphatic hydroxyl groups excluding tert-OH is 1. The van der Waals surface area contributed by atoms with E-state index in [1.54, 1.807) is 7.11 Å². The van der Waals surface area contributed by atoms with Gasteiger partial charge in [-0.15, -0.1) is 0 Å². The number of benzene rings is 2. The Hall–Kier alpha value is -1.66. The minimum absolute atomic E-state index is 0.0000889. The topological polar surface area (TPSA) is 55.8 Å². The molecule has 146 valence electrons. The predicted molar refractivity (Wildman–Crippen MR) is 109 cm³/mol. The molecule has 0 saturated heterocycles. The molecule has 4 nitrogen and oxygen atoms in total. The van der Waals surface area contributed by atoms with Crippen LogP contribution in [-0.2, 0) is 26.4 Å². The Morgan fingerprint density at radius 3 is 2.30 bits per heavy atom. The van der Waals surface area contributed by atoms with Crippen LogP contribution in [0.5, 0.6) is 0 Å². The minimum atomic E-state index is -0.710. The van der Waals surface area contributed by atoms with Crippen molar-refractivity contribution in [1.82, 2.24) is 0 Å². The lowest BCUT2D eigenvalue weighted by Gasteiger charge is -2.20. The van der Waals surface area contributed by atoms with Crippen molar-refractivity contribution >= 4 is 16.9 Å². The van der Waals surface area contributed by atoms with Crippen molar-refractivity contribution in [3.05, 3.63) is 71.8 Å². The van der Waals surface area contributed by atoms with Crippen LogP contribution in [0.3, 0.4) is 0 Å². The average molecular weight is 389 g/mol. The van der Waals surface area contributed by atoms with E-state index in [0.717, 1.165) is 18.4 Å². The predicted octanol–water partition coefficient (Wildman–Crippen LogP) is 4.21. The van der Waals surface area contributed by atoms with Crippen LogP contribution in [0.15, 0.2) is 60.7 Å². The van der Waals surface area contributed by atoms with Crippen molar-refractivity contribution < 1.29 is 19.4 Å². The van der Waals surface area contributed by atoms with Gasteiger partial charge in [0.2, 0.25) is 0 Å². The summed E-state index contributed by atoms with van der Waals surface area (Å²) in [5, 5.41) is 10.3. The van der Waals surface area contributed by atoms with E-state index in [-0.39, 0.29) is 24.4 Å². The SMILES string of the molecule is COCOC(CCc1ccccc1)CC(O)CC(=O)SCc1ccccc1. The summed E-state index contributed by atoms with van der Waals surface area (Å²) in [6.07, 6.45) is 1.34. The van der Waals surface area contributed by atoms with E-state index in [0.29, 0.717) is 12.2 Å². The van der Waals surface area contributed by atoms with Gasteiger partial charge in [-0.25, -0.2) is 0 Å². The second-order valence-electron chi connectivity index (χ2n) is 6.46. The third kappa shape index (κ3) is 9.20. The van der Waals surface area contributed by atoms with E-state index in [4.69, 9.17) is 9.47 Å². The molecule has 0 spiro atoms. The zero-order chi connectivity index (χ0) is 19.3. The maximum absolute atomic E-state index is 12.1. The fraction of sp³-hybridized carbons (Fsp3) is 0.409. The summed E-state index contributed by atoms with van der Waals surface area (Å²) in [5.74, 6) is 0.629. The van der Waals surface area contributed by atoms with Gasteiger partial charge < -0.3 is 14.6 Å². The molecule has 0 radical (unpaired) electrons. The first-order valence-corrected chi connectivity index (χ1v) is 10.2. The molecule has 0 aliphatic heterocycles. The standard InChI is InChI=1S/C22H28O4S/c1-25-17-26-21(13-12-18-8-4-2-5-9-18)14-20(23)15-22(24)27-16-19-10-6-3-7-11-19/h2-11,20-21,23H,12-17H2,1H3. The van der Waals surface area contributed by atoms with E-state index in [1.165, 1.54) is 17.3 Å². The van der Waals surface area contributed by atoms with Crippen LogP contribution in [0.2, 0.25) is 0 Å². The van der Waals surface area contributed by atoms with E-state index < -0.39 is 6.10 Å². The van der Waals surface area contributed by atoms with Crippen molar-refractivity contribution in [1.29, 1.82) is 0 Å². The number of hydrogen-bond acceptors (Lipinski definition) is 5. The molecule has 2 atom stereocenters. The first-order valence-electron chi connectivity index (χ1n) is 9.19. The Morgan fingerprint density at radius 1 is 1.04 bits per heavy atom. The fourth-order valence-corrected chi connectivity index (χ4v) is 3.61. The molecule has 0 amide bonds. The molecular formula is C22H28O4S. The molecule has 5 heteroatoms. The van der Waals surface area contributed by atoms with E-state index >= 15 is 0 Å². The summed E-state index contributed by atoms with van der Waals surface area (Å²) in [7, 11) is 1.58. The number of methoxy groups -OCH3 is 1. The third-order valence-corrected chi connectivity index (χ3v) is 5.17. The lowest BCUT2D eigenvalue weighted by Crippen LogP contribution is -2.24. The first kappa shape index (κ1) is 21.6. The molecule has 1 N–H and O–H groups in total. The summed E-state index contributed by atoms with van der Waals surface area (Å²) < 4.78 is 10.7. The molecule has 0 aliphatic carbocycles. The number of ether oxygens (including phenoxy) is 2. The van der Waals surface area contributed by atoms with E-state index in [1.807, 2.05) is 48.5 Å². The van der Waals surface area contributed by atoms with Crippen LogP contribution >= 0.6 is 11.8 Å². The smallest absolute Gasteiger partial charge is 0.191 e. The van der Waals surface area contributed by atoms with Gasteiger partial charge in [0.05, 0.1) is 12.2 Å². The molecule has 0 aliphatic rings. The molecule has 0 aromatic heterocycles. The van der Waals surface area contributed by atoms with Crippen molar-refractivity contribution in [2.24, 2.45) is 0 Å². The van der Waals surface area contributed by atoms with Gasteiger partial charge in [0.1, 0.15) is 6.79 Å². The number of aryl methyl sites for hydroxylation is 1. The second kappa shape index (κ2) is 12.7. The highest BCUT2D eigenvalue weighted by atomic mass is 32.2. The van der Waals surface area contributed by atoms with Crippen LogP contribution in [0.25, 0.3) is 0 Å². The van der Waals surface area contributed by atoms with Crippen LogP contribution in [0.4, 0.5) is 0 Å². The van der Waals surface area contributed by atoms with Gasteiger partial charge in [-0.05, 0) is 24.0 Å². The normalized spacial score (nSPS) is 13.3. The monoisotopic (exact) mass is 388 g/mol. The summed E-state index contributed by atoms with van der Waals surface area (Å²) in [5.41, 5.74) is 2.34. The summed E-state index contributed by atoms with van der Waals surface area (Å²) in [6, 6.07) is 20.0. The molecule has 0 heterocycles. The molecule has 2 aromatic rings. The number of aliphatic hydroxyl groups is 1. The third-order valence-electron chi connectivity index (χ3n) is 4.20. The molecule has 0 saturated carbocycles. The molecule has 27 heavy (non-hydrogen) atoms. The molecule has 2 rings (SSSR count). The van der Waals surface area contributed by atoms with Crippen molar-refractivity contribution in [3.8, 4) is 0 Å². The van der Waals surface area contributed by atoms with Crippen molar-refractivity contribution in [2.75, 3.05) is 13.9 Å². The number of rotatable bonds is 12. The highest BCUT2D eigenvalue weighted by Crippen LogP contribution is 2.19. The largest absolute Gasteiger partial charge is 0.393 e. The van der Waals surface area contributed by atoms with E-state index in [2.05, 4.69) is 12.1 Å². The number of thioether (sulfide) groups is 1. The quantitative estimate of drug-likeness (QED) is 0.552. The van der Waals surface area contributed by atoms with Crippen LogP contribution in [-0.4, -0.2) is 36.3 Å². The zero-order valence-corrected chi connectivity index (χ0v) is 16.6. The summed E-state index contributed by atoms with van der Waals surface area (Å²) >= 11 is 1.25. The Kier molecular flexibility index (Phi) is 10.2. The van der Waals surface area contributed by atoms with Gasteiger partial charge in [-0.2, -0.15) is 0 Å². The van der Waals surface area contributed by atoms with Gasteiger partial charge in [0, 0.05) is 25.7 Å². The summed E-state index contributed by atoms with van der Waals surface area (Å²) in [6.45, 7) is 0.183. The molecule has 0 fully saturated rings. The van der Waals surface area contributed by atoms with Gasteiger partial charge in [-0.3, -0.25) is 4.79 Å². The lowest BCUT2D eigenvalue weighted by molar-refractivity contribution is -0.114. The zero-order valence-electron chi connectivity index (χ0n) is 15.8. The van der Waals surface area contributed by atoms with Gasteiger partial charge >= 0.3 is 0 Å². The highest BCUT2D eigenvalue weighted by molar-refractivity contribution is 8.12. The van der Waals surface area contributed by atoms with Crippen LogP contribution in [0.1, 0.15) is 30.4 Å². The number of carbonyl (C=O) groups excluding carboxylic acids is 1. The Morgan fingerprint density at radius 2 is 1.67 bits per heavy atom. The lowest BCUT2D eigenvalue weighted by atomic mass is 10.0.